The van der Waals surface area contributed by atoms with Gasteiger partial charge in [-0.2, -0.15) is 0 Å². The van der Waals surface area contributed by atoms with Crippen LogP contribution in [0.4, 0.5) is 5.69 Å². The number of esters is 1. The van der Waals surface area contributed by atoms with Crippen LogP contribution in [0.2, 0.25) is 0 Å². The summed E-state index contributed by atoms with van der Waals surface area (Å²) in [6.07, 6.45) is 1.05. The summed E-state index contributed by atoms with van der Waals surface area (Å²) in [5.41, 5.74) is 3.80. The molecule has 3 nitrogen and oxygen atoms in total. The van der Waals surface area contributed by atoms with Crippen molar-refractivity contribution in [3.63, 3.8) is 0 Å². The molecule has 0 saturated heterocycles. The first-order valence-electron chi connectivity index (χ1n) is 5.13. The molecule has 0 amide bonds. The molecule has 84 valence electrons. The van der Waals surface area contributed by atoms with Crippen LogP contribution in [-0.4, -0.2) is 13.1 Å². The number of hydrogen-bond donors (Lipinski definition) is 0. The van der Waals surface area contributed by atoms with E-state index in [1.54, 1.807) is 0 Å². The third-order valence-electron chi connectivity index (χ3n) is 2.60. The Balaban J connectivity index is 2.86. The number of hydrogen-bond acceptors (Lipinski definition) is 2. The van der Waals surface area contributed by atoms with Gasteiger partial charge >= 0.3 is 5.97 Å². The van der Waals surface area contributed by atoms with E-state index in [0.717, 1.165) is 16.7 Å². The highest BCUT2D eigenvalue weighted by Gasteiger charge is 2.07. The van der Waals surface area contributed by atoms with Crippen LogP contribution in [-0.2, 0) is 16.0 Å². The van der Waals surface area contributed by atoms with E-state index in [-0.39, 0.29) is 5.97 Å². The molecule has 0 bridgehead atoms. The second-order valence-electron chi connectivity index (χ2n) is 3.75. The molecule has 0 aromatic heterocycles. The summed E-state index contributed by atoms with van der Waals surface area (Å²) in [5.74, 6) is -0.202. The molecule has 0 aliphatic carbocycles. The summed E-state index contributed by atoms with van der Waals surface area (Å²) >= 11 is 0. The van der Waals surface area contributed by atoms with Gasteiger partial charge in [-0.1, -0.05) is 17.7 Å². The van der Waals surface area contributed by atoms with Crippen molar-refractivity contribution in [2.45, 2.75) is 26.7 Å². The molecular weight excluding hydrogens is 202 g/mol. The molecule has 0 spiro atoms. The van der Waals surface area contributed by atoms with E-state index in [1.165, 1.54) is 7.11 Å². The van der Waals surface area contributed by atoms with E-state index >= 15 is 0 Å². The normalized spacial score (nSPS) is 9.62. The third-order valence-corrected chi connectivity index (χ3v) is 2.60. The topological polar surface area (TPSA) is 30.7 Å². The molecule has 0 N–H and O–H groups in total. The van der Waals surface area contributed by atoms with Crippen molar-refractivity contribution in [1.29, 1.82) is 0 Å². The van der Waals surface area contributed by atoms with Gasteiger partial charge in [-0.05, 0) is 31.4 Å². The maximum Gasteiger partial charge on any atom is 0.305 e. The summed E-state index contributed by atoms with van der Waals surface area (Å²) in [7, 11) is 1.39. The molecule has 0 atom stereocenters. The zero-order chi connectivity index (χ0) is 12.1. The van der Waals surface area contributed by atoms with E-state index in [2.05, 4.69) is 9.58 Å². The quantitative estimate of drug-likeness (QED) is 0.575. The average molecular weight is 217 g/mol. The van der Waals surface area contributed by atoms with Gasteiger partial charge in [0.2, 0.25) is 0 Å². The Morgan fingerprint density at radius 3 is 2.62 bits per heavy atom. The predicted molar refractivity (Wildman–Crippen MR) is 62.5 cm³/mol. The number of methoxy groups -OCH3 is 1. The summed E-state index contributed by atoms with van der Waals surface area (Å²) in [4.78, 5) is 14.5. The summed E-state index contributed by atoms with van der Waals surface area (Å²) in [5, 5.41) is 0. The Kier molecular flexibility index (Phi) is 4.07. The Labute approximate surface area is 95.9 Å². The number of carbonyl (C=O) groups excluding carboxylic acids is 1. The minimum Gasteiger partial charge on any atom is -0.469 e. The van der Waals surface area contributed by atoms with Crippen molar-refractivity contribution < 1.29 is 9.53 Å². The summed E-state index contributed by atoms with van der Waals surface area (Å²) in [6.45, 7) is 10.9. The van der Waals surface area contributed by atoms with Crippen LogP contribution in [0.3, 0.4) is 0 Å². The van der Waals surface area contributed by atoms with Gasteiger partial charge in [-0.25, -0.2) is 4.85 Å². The number of nitrogens with zero attached hydrogens (tertiary/aromatic N) is 1. The Hall–Kier alpha value is -1.82. The Morgan fingerprint density at radius 2 is 2.06 bits per heavy atom. The van der Waals surface area contributed by atoms with Crippen LogP contribution in [0, 0.1) is 20.4 Å². The van der Waals surface area contributed by atoms with Crippen LogP contribution in [0.15, 0.2) is 12.1 Å². The fourth-order valence-electron chi connectivity index (χ4n) is 1.59. The molecule has 16 heavy (non-hydrogen) atoms. The molecule has 0 aliphatic rings. The zero-order valence-corrected chi connectivity index (χ0v) is 9.83. The van der Waals surface area contributed by atoms with Gasteiger partial charge in [-0.15, -0.1) is 0 Å². The SMILES string of the molecule is [C-]#[N+]c1cc(C)c(CCC(=O)OC)cc1C. The van der Waals surface area contributed by atoms with Gasteiger partial charge in [0.15, 0.2) is 5.69 Å². The standard InChI is InChI=1S/C13H15NO2/c1-9-8-12(14-3)10(2)7-11(9)5-6-13(15)16-4/h7-8H,5-6H2,1-2,4H3. The first-order chi connectivity index (χ1) is 7.58. The number of rotatable bonds is 3. The fraction of sp³-hybridized carbons (Fsp3) is 0.385. The summed E-state index contributed by atoms with van der Waals surface area (Å²) in [6, 6.07) is 3.85. The lowest BCUT2D eigenvalue weighted by Gasteiger charge is -2.08. The fourth-order valence-corrected chi connectivity index (χ4v) is 1.59. The van der Waals surface area contributed by atoms with Crippen molar-refractivity contribution >= 4 is 11.7 Å². The number of aryl methyl sites for hydroxylation is 3. The predicted octanol–water partition coefficient (Wildman–Crippen LogP) is 2.96. The highest BCUT2D eigenvalue weighted by Crippen LogP contribution is 2.24. The minimum atomic E-state index is -0.202. The van der Waals surface area contributed by atoms with E-state index in [1.807, 2.05) is 26.0 Å². The van der Waals surface area contributed by atoms with E-state index < -0.39 is 0 Å². The molecule has 0 unspecified atom stereocenters. The summed E-state index contributed by atoms with van der Waals surface area (Å²) < 4.78 is 4.60. The highest BCUT2D eigenvalue weighted by molar-refractivity contribution is 5.69. The molecule has 0 aliphatic heterocycles. The number of ether oxygens (including phenoxy) is 1. The van der Waals surface area contributed by atoms with E-state index in [4.69, 9.17) is 6.57 Å². The largest absolute Gasteiger partial charge is 0.469 e. The molecule has 1 aromatic rings. The van der Waals surface area contributed by atoms with Crippen molar-refractivity contribution in [2.75, 3.05) is 7.11 Å². The van der Waals surface area contributed by atoms with Crippen LogP contribution in [0.1, 0.15) is 23.1 Å². The smallest absolute Gasteiger partial charge is 0.305 e. The van der Waals surface area contributed by atoms with Gasteiger partial charge in [0.05, 0.1) is 13.7 Å². The van der Waals surface area contributed by atoms with E-state index in [9.17, 15) is 4.79 Å². The lowest BCUT2D eigenvalue weighted by atomic mass is 10.00. The monoisotopic (exact) mass is 217 g/mol. The van der Waals surface area contributed by atoms with Crippen molar-refractivity contribution in [2.24, 2.45) is 0 Å². The maximum atomic E-state index is 11.0. The van der Waals surface area contributed by atoms with Gasteiger partial charge in [-0.3, -0.25) is 4.79 Å². The molecule has 0 heterocycles. The molecular formula is C13H15NO2. The second kappa shape index (κ2) is 5.32. The first kappa shape index (κ1) is 12.3. The molecule has 3 heteroatoms. The van der Waals surface area contributed by atoms with Crippen molar-refractivity contribution in [3.05, 3.63) is 40.2 Å². The molecule has 0 fully saturated rings. The van der Waals surface area contributed by atoms with Crippen molar-refractivity contribution in [1.82, 2.24) is 0 Å². The van der Waals surface area contributed by atoms with Crippen LogP contribution >= 0.6 is 0 Å². The van der Waals surface area contributed by atoms with Crippen molar-refractivity contribution in [3.8, 4) is 0 Å². The van der Waals surface area contributed by atoms with Crippen LogP contribution in [0.5, 0.6) is 0 Å². The Morgan fingerprint density at radius 1 is 1.38 bits per heavy atom. The maximum absolute atomic E-state index is 11.0. The van der Waals surface area contributed by atoms with Gasteiger partial charge < -0.3 is 4.74 Å². The minimum absolute atomic E-state index is 0.202. The Bertz CT molecular complexity index is 444. The highest BCUT2D eigenvalue weighted by atomic mass is 16.5. The average Bonchev–Trinajstić information content (AvgIpc) is 2.29. The number of carbonyl (C=O) groups is 1. The third kappa shape index (κ3) is 2.83. The lowest BCUT2D eigenvalue weighted by molar-refractivity contribution is -0.140. The van der Waals surface area contributed by atoms with Gasteiger partial charge in [0.1, 0.15) is 0 Å². The van der Waals surface area contributed by atoms with Gasteiger partial charge in [0.25, 0.3) is 0 Å². The first-order valence-corrected chi connectivity index (χ1v) is 5.13. The second-order valence-corrected chi connectivity index (χ2v) is 3.75. The lowest BCUT2D eigenvalue weighted by Crippen LogP contribution is -2.03. The number of benzene rings is 1. The van der Waals surface area contributed by atoms with Crippen LogP contribution < -0.4 is 0 Å². The van der Waals surface area contributed by atoms with E-state index in [0.29, 0.717) is 18.5 Å². The molecule has 0 saturated carbocycles. The van der Waals surface area contributed by atoms with Gasteiger partial charge in [0, 0.05) is 6.42 Å². The molecule has 1 aromatic carbocycles. The molecule has 0 radical (unpaired) electrons. The zero-order valence-electron chi connectivity index (χ0n) is 9.83. The van der Waals surface area contributed by atoms with Crippen LogP contribution in [0.25, 0.3) is 4.85 Å². The molecule has 1 rings (SSSR count).